The monoisotopic (exact) mass is 425 g/mol. The molecular weight excluding hydrogens is 405 g/mol. The second-order valence-electron chi connectivity index (χ2n) is 7.51. The van der Waals surface area contributed by atoms with E-state index in [1.165, 1.54) is 22.7 Å². The number of nitrogens with two attached hydrogens (primary N) is 1. The fourth-order valence-electron chi connectivity index (χ4n) is 4.21. The summed E-state index contributed by atoms with van der Waals surface area (Å²) in [7, 11) is 0. The maximum atomic E-state index is 14.0. The maximum absolute atomic E-state index is 14.0. The highest BCUT2D eigenvalue weighted by Gasteiger charge is 2.43. The molecule has 0 atom stereocenters. The van der Waals surface area contributed by atoms with Gasteiger partial charge in [-0.15, -0.1) is 11.3 Å². The molecule has 0 unspecified atom stereocenters. The van der Waals surface area contributed by atoms with Crippen LogP contribution in [0.25, 0.3) is 10.6 Å². The third-order valence-corrected chi connectivity index (χ3v) is 7.01. The number of pyridine rings is 1. The van der Waals surface area contributed by atoms with Crippen molar-refractivity contribution < 1.29 is 13.9 Å². The molecule has 0 aromatic carbocycles. The van der Waals surface area contributed by atoms with Crippen molar-refractivity contribution >= 4 is 23.1 Å². The number of fused-ring (bicyclic) bond motifs is 2. The van der Waals surface area contributed by atoms with Crippen molar-refractivity contribution in [2.24, 2.45) is 0 Å². The number of carbonyl (C=O) groups is 1. The summed E-state index contributed by atoms with van der Waals surface area (Å²) in [6.07, 6.45) is 7.94. The van der Waals surface area contributed by atoms with E-state index in [1.807, 2.05) is 0 Å². The van der Waals surface area contributed by atoms with Crippen molar-refractivity contribution in [1.82, 2.24) is 19.9 Å². The van der Waals surface area contributed by atoms with Crippen LogP contribution in [0.5, 0.6) is 0 Å². The van der Waals surface area contributed by atoms with Crippen LogP contribution in [0.1, 0.15) is 33.6 Å². The summed E-state index contributed by atoms with van der Waals surface area (Å²) >= 11 is 1.71. The normalized spacial score (nSPS) is 17.7. The van der Waals surface area contributed by atoms with E-state index in [9.17, 15) is 9.18 Å². The summed E-state index contributed by atoms with van der Waals surface area (Å²) in [6, 6.07) is 3.56. The summed E-state index contributed by atoms with van der Waals surface area (Å²) in [5.41, 5.74) is 7.26. The van der Waals surface area contributed by atoms with Gasteiger partial charge in [0.2, 0.25) is 0 Å². The number of aromatic nitrogens is 3. The predicted molar refractivity (Wildman–Crippen MR) is 110 cm³/mol. The van der Waals surface area contributed by atoms with Gasteiger partial charge in [-0.05, 0) is 30.5 Å². The molecule has 2 N–H and O–H groups in total. The van der Waals surface area contributed by atoms with Crippen LogP contribution in [-0.4, -0.2) is 45.5 Å². The van der Waals surface area contributed by atoms with Gasteiger partial charge in [-0.25, -0.2) is 14.4 Å². The van der Waals surface area contributed by atoms with E-state index in [1.54, 1.807) is 28.6 Å². The highest BCUT2D eigenvalue weighted by atomic mass is 32.1. The second kappa shape index (κ2) is 7.41. The highest BCUT2D eigenvalue weighted by Crippen LogP contribution is 2.46. The van der Waals surface area contributed by atoms with E-state index in [2.05, 4.69) is 21.0 Å². The zero-order valence-corrected chi connectivity index (χ0v) is 17.0. The number of amides is 1. The Kier molecular flexibility index (Phi) is 4.71. The second-order valence-corrected chi connectivity index (χ2v) is 8.65. The Morgan fingerprint density at radius 1 is 1.23 bits per heavy atom. The standard InChI is InChI=1S/C21H20FN5O2S/c22-15-10-24-5-1-13(15)20(28)27-6-3-21(4-7-27)14-9-18(30-17(14)2-8-29-21)16-11-26-19(23)12-25-16/h1,5,9-12H,2-4,6-8H2,(H2,23,26). The van der Waals surface area contributed by atoms with Crippen molar-refractivity contribution in [1.29, 1.82) is 0 Å². The molecule has 3 aromatic heterocycles. The number of carbonyl (C=O) groups excluding carboxylic acids is 1. The minimum atomic E-state index is -0.592. The van der Waals surface area contributed by atoms with E-state index in [-0.39, 0.29) is 11.5 Å². The number of piperidine rings is 1. The number of nitrogen functional groups attached to an aromatic ring is 1. The molecule has 1 spiro atoms. The largest absolute Gasteiger partial charge is 0.382 e. The number of ether oxygens (including phenoxy) is 1. The maximum Gasteiger partial charge on any atom is 0.256 e. The number of anilines is 1. The lowest BCUT2D eigenvalue weighted by atomic mass is 9.82. The number of halogens is 1. The van der Waals surface area contributed by atoms with Gasteiger partial charge in [-0.3, -0.25) is 9.78 Å². The number of hydrogen-bond acceptors (Lipinski definition) is 7. The first kappa shape index (κ1) is 19.1. The molecule has 154 valence electrons. The zero-order valence-electron chi connectivity index (χ0n) is 16.2. The Labute approximate surface area is 176 Å². The van der Waals surface area contributed by atoms with Gasteiger partial charge in [-0.2, -0.15) is 0 Å². The van der Waals surface area contributed by atoms with E-state index in [0.29, 0.717) is 38.4 Å². The fraction of sp³-hybridized carbons (Fsp3) is 0.333. The summed E-state index contributed by atoms with van der Waals surface area (Å²) in [5.74, 6) is -0.502. The average Bonchev–Trinajstić information content (AvgIpc) is 3.21. The molecule has 2 aliphatic heterocycles. The van der Waals surface area contributed by atoms with E-state index < -0.39 is 11.4 Å². The van der Waals surface area contributed by atoms with Crippen molar-refractivity contribution in [2.45, 2.75) is 24.9 Å². The molecule has 0 radical (unpaired) electrons. The smallest absolute Gasteiger partial charge is 0.256 e. The topological polar surface area (TPSA) is 94.2 Å². The molecule has 5 rings (SSSR count). The molecule has 1 fully saturated rings. The highest BCUT2D eigenvalue weighted by molar-refractivity contribution is 7.15. The van der Waals surface area contributed by atoms with Crippen molar-refractivity contribution in [3.63, 3.8) is 0 Å². The first-order valence-corrected chi connectivity index (χ1v) is 10.6. The van der Waals surface area contributed by atoms with Crippen LogP contribution in [0, 0.1) is 5.82 Å². The molecule has 30 heavy (non-hydrogen) atoms. The van der Waals surface area contributed by atoms with Crippen molar-refractivity contribution in [3.05, 3.63) is 58.7 Å². The van der Waals surface area contributed by atoms with Gasteiger partial charge in [-0.1, -0.05) is 0 Å². The average molecular weight is 425 g/mol. The Hall–Kier alpha value is -2.91. The first-order valence-electron chi connectivity index (χ1n) is 9.79. The Bertz CT molecular complexity index is 1090. The first-order chi connectivity index (χ1) is 14.6. The molecule has 5 heterocycles. The molecular formula is C21H20FN5O2S. The molecule has 0 aliphatic carbocycles. The molecule has 3 aromatic rings. The van der Waals surface area contributed by atoms with Gasteiger partial charge in [0.1, 0.15) is 5.82 Å². The summed E-state index contributed by atoms with van der Waals surface area (Å²) in [4.78, 5) is 29.0. The molecule has 7 nitrogen and oxygen atoms in total. The van der Waals surface area contributed by atoms with Crippen LogP contribution >= 0.6 is 11.3 Å². The van der Waals surface area contributed by atoms with E-state index >= 15 is 0 Å². The summed E-state index contributed by atoms with van der Waals surface area (Å²) in [5, 5.41) is 0. The van der Waals surface area contributed by atoms with E-state index in [0.717, 1.165) is 23.2 Å². The third kappa shape index (κ3) is 3.23. The van der Waals surface area contributed by atoms with Gasteiger partial charge < -0.3 is 15.4 Å². The Morgan fingerprint density at radius 3 is 2.80 bits per heavy atom. The molecule has 0 bridgehead atoms. The van der Waals surface area contributed by atoms with Crippen LogP contribution in [0.3, 0.4) is 0 Å². The fourth-order valence-corrected chi connectivity index (χ4v) is 5.40. The SMILES string of the molecule is Nc1cnc(-c2cc3c(s2)CCOC32CCN(C(=O)c3ccncc3F)CC2)cn1. The van der Waals surface area contributed by atoms with Gasteiger partial charge in [0, 0.05) is 30.6 Å². The number of hydrogen-bond donors (Lipinski definition) is 1. The molecule has 9 heteroatoms. The lowest BCUT2D eigenvalue weighted by Gasteiger charge is -2.44. The number of likely N-dealkylation sites (tertiary alicyclic amines) is 1. The van der Waals surface area contributed by atoms with Gasteiger partial charge in [0.05, 0.1) is 46.9 Å². The summed E-state index contributed by atoms with van der Waals surface area (Å²) < 4.78 is 20.3. The van der Waals surface area contributed by atoms with Crippen LogP contribution in [0.2, 0.25) is 0 Å². The van der Waals surface area contributed by atoms with Crippen molar-refractivity contribution in [3.8, 4) is 10.6 Å². The molecule has 0 saturated carbocycles. The van der Waals surface area contributed by atoms with E-state index in [4.69, 9.17) is 10.5 Å². The third-order valence-electron chi connectivity index (χ3n) is 5.79. The number of rotatable bonds is 2. The van der Waals surface area contributed by atoms with Crippen LogP contribution < -0.4 is 5.73 Å². The lowest BCUT2D eigenvalue weighted by molar-refractivity contribution is -0.0926. The van der Waals surface area contributed by atoms with Gasteiger partial charge in [0.15, 0.2) is 5.82 Å². The minimum absolute atomic E-state index is 0.0611. The number of nitrogens with zero attached hydrogens (tertiary/aromatic N) is 4. The summed E-state index contributed by atoms with van der Waals surface area (Å²) in [6.45, 7) is 1.66. The van der Waals surface area contributed by atoms with Crippen LogP contribution in [-0.2, 0) is 16.8 Å². The quantitative estimate of drug-likeness (QED) is 0.678. The van der Waals surface area contributed by atoms with Gasteiger partial charge >= 0.3 is 0 Å². The molecule has 1 amide bonds. The lowest BCUT2D eigenvalue weighted by Crippen LogP contribution is -2.48. The minimum Gasteiger partial charge on any atom is -0.382 e. The predicted octanol–water partition coefficient (Wildman–Crippen LogP) is 3.03. The molecule has 2 aliphatic rings. The van der Waals surface area contributed by atoms with Crippen LogP contribution in [0.4, 0.5) is 10.2 Å². The van der Waals surface area contributed by atoms with Crippen LogP contribution in [0.15, 0.2) is 36.9 Å². The van der Waals surface area contributed by atoms with Crippen molar-refractivity contribution in [2.75, 3.05) is 25.4 Å². The Morgan fingerprint density at radius 2 is 2.07 bits per heavy atom. The van der Waals surface area contributed by atoms with Gasteiger partial charge in [0.25, 0.3) is 5.91 Å². The zero-order chi connectivity index (χ0) is 20.7. The molecule has 1 saturated heterocycles. The Balaban J connectivity index is 1.38. The number of thiophene rings is 1.